The van der Waals surface area contributed by atoms with Crippen LogP contribution in [-0.2, 0) is 14.0 Å². The van der Waals surface area contributed by atoms with Crippen LogP contribution in [0.1, 0.15) is 46.0 Å². The fourth-order valence-corrected chi connectivity index (χ4v) is 4.79. The molecular formula is C14H28O3SSi. The molecule has 0 aromatic carbocycles. The summed E-state index contributed by atoms with van der Waals surface area (Å²) in [6.07, 6.45) is 4.31. The maximum Gasteiger partial charge on any atom is 0.254 e. The summed E-state index contributed by atoms with van der Waals surface area (Å²) in [5.74, 6) is 0.529. The lowest BCUT2D eigenvalue weighted by atomic mass is 10.1. The Morgan fingerprint density at radius 2 is 1.79 bits per heavy atom. The number of hydrogen-bond acceptors (Lipinski definition) is 4. The highest BCUT2D eigenvalue weighted by atomic mass is 32.2. The molecule has 0 amide bonds. The molecule has 0 spiro atoms. The van der Waals surface area contributed by atoms with Crippen LogP contribution in [0, 0.1) is 0 Å². The zero-order chi connectivity index (χ0) is 14.7. The molecule has 112 valence electrons. The Morgan fingerprint density at radius 3 is 2.37 bits per heavy atom. The van der Waals surface area contributed by atoms with Gasteiger partial charge in [-0.2, -0.15) is 0 Å². The van der Waals surface area contributed by atoms with E-state index < -0.39 is 8.32 Å². The molecule has 0 atom stereocenters. The first-order chi connectivity index (χ1) is 8.93. The Morgan fingerprint density at radius 1 is 1.11 bits per heavy atom. The Hall–Kier alpha value is -0.133. The Kier molecular flexibility index (Phi) is 10.6. The molecule has 3 nitrogen and oxygen atoms in total. The van der Waals surface area contributed by atoms with Gasteiger partial charge >= 0.3 is 0 Å². The molecule has 0 N–H and O–H groups in total. The molecule has 5 heteroatoms. The molecule has 0 radical (unpaired) electrons. The Labute approximate surface area is 123 Å². The van der Waals surface area contributed by atoms with Crippen LogP contribution in [0.25, 0.3) is 0 Å². The van der Waals surface area contributed by atoms with Gasteiger partial charge in [0, 0.05) is 18.8 Å². The van der Waals surface area contributed by atoms with Crippen molar-refractivity contribution in [3.05, 3.63) is 0 Å². The number of hydrogen-bond donors (Lipinski definition) is 0. The second-order valence-corrected chi connectivity index (χ2v) is 10.7. The smallest absolute Gasteiger partial charge is 0.254 e. The van der Waals surface area contributed by atoms with Gasteiger partial charge in [-0.15, -0.1) is 0 Å². The van der Waals surface area contributed by atoms with Crippen molar-refractivity contribution < 1.29 is 14.0 Å². The van der Waals surface area contributed by atoms with Crippen molar-refractivity contribution in [2.75, 3.05) is 12.4 Å². The fraction of sp³-hybridized carbons (Fsp3) is 0.857. The van der Waals surface area contributed by atoms with Crippen LogP contribution in [-0.4, -0.2) is 31.6 Å². The highest BCUT2D eigenvalue weighted by Gasteiger charge is 2.21. The van der Waals surface area contributed by atoms with Gasteiger partial charge in [0.15, 0.2) is 8.32 Å². The quantitative estimate of drug-likeness (QED) is 0.328. The third-order valence-electron chi connectivity index (χ3n) is 2.93. The first kappa shape index (κ1) is 18.9. The van der Waals surface area contributed by atoms with Gasteiger partial charge in [-0.05, 0) is 38.9 Å². The number of rotatable bonds is 11. The largest absolute Gasteiger partial charge is 0.418 e. The summed E-state index contributed by atoms with van der Waals surface area (Å²) in [4.78, 5) is 23.1. The maximum absolute atomic E-state index is 11.6. The molecule has 19 heavy (non-hydrogen) atoms. The summed E-state index contributed by atoms with van der Waals surface area (Å²) in [6, 6.07) is 1.05. The fourth-order valence-electron chi connectivity index (χ4n) is 1.84. The van der Waals surface area contributed by atoms with Crippen molar-refractivity contribution in [3.8, 4) is 0 Å². The van der Waals surface area contributed by atoms with Gasteiger partial charge in [0.2, 0.25) is 5.78 Å². The molecule has 0 saturated heterocycles. The predicted molar refractivity (Wildman–Crippen MR) is 85.1 cm³/mol. The molecule has 0 aromatic rings. The molecule has 0 aliphatic heterocycles. The van der Waals surface area contributed by atoms with E-state index in [1.807, 2.05) is 6.92 Å². The van der Waals surface area contributed by atoms with Gasteiger partial charge in [-0.3, -0.25) is 9.59 Å². The van der Waals surface area contributed by atoms with Crippen LogP contribution >= 0.6 is 11.8 Å². The lowest BCUT2D eigenvalue weighted by molar-refractivity contribution is -0.131. The van der Waals surface area contributed by atoms with E-state index in [1.165, 1.54) is 11.8 Å². The van der Waals surface area contributed by atoms with Crippen LogP contribution in [0.2, 0.25) is 19.1 Å². The number of thioether (sulfide) groups is 1. The van der Waals surface area contributed by atoms with E-state index in [0.29, 0.717) is 6.42 Å². The first-order valence-corrected chi connectivity index (χ1v) is 11.4. The van der Waals surface area contributed by atoms with Crippen molar-refractivity contribution in [1.29, 1.82) is 0 Å². The second kappa shape index (κ2) is 10.6. The van der Waals surface area contributed by atoms with Gasteiger partial charge in [-0.25, -0.2) is 0 Å². The Balaban J connectivity index is 3.71. The molecule has 0 aliphatic rings. The molecule has 0 aromatic heterocycles. The summed E-state index contributed by atoms with van der Waals surface area (Å²) in [7, 11) is -1.54. The normalized spacial score (nSPS) is 11.6. The predicted octanol–water partition coefficient (Wildman–Crippen LogP) is 4.03. The minimum atomic E-state index is -1.54. The van der Waals surface area contributed by atoms with Crippen LogP contribution in [0.5, 0.6) is 0 Å². The summed E-state index contributed by atoms with van der Waals surface area (Å²) in [5.41, 5.74) is 0. The minimum absolute atomic E-state index is 0.209. The third kappa shape index (κ3) is 10.3. The van der Waals surface area contributed by atoms with Crippen LogP contribution in [0.4, 0.5) is 0 Å². The highest BCUT2D eigenvalue weighted by molar-refractivity contribution is 8.15. The van der Waals surface area contributed by atoms with E-state index >= 15 is 0 Å². The molecule has 0 bridgehead atoms. The van der Waals surface area contributed by atoms with E-state index in [4.69, 9.17) is 4.43 Å². The number of carbonyl (C=O) groups excluding carboxylic acids is 2. The standard InChI is InChI=1S/C14H28O3SSi/c1-5-7-8-10-13(15)14(16)18-11-9-12-19(3,4)17-6-2/h5-12H2,1-4H3. The van der Waals surface area contributed by atoms with E-state index in [-0.39, 0.29) is 10.9 Å². The molecule has 0 heterocycles. The van der Waals surface area contributed by atoms with Gasteiger partial charge in [0.05, 0.1) is 0 Å². The summed E-state index contributed by atoms with van der Waals surface area (Å²) in [6.45, 7) is 9.26. The number of Topliss-reactive ketones (excluding diaryl/α,β-unsaturated/α-hetero) is 1. The minimum Gasteiger partial charge on any atom is -0.418 e. The zero-order valence-corrected chi connectivity index (χ0v) is 14.6. The molecule has 0 fully saturated rings. The number of carbonyl (C=O) groups is 2. The van der Waals surface area contributed by atoms with Crippen LogP contribution in [0.15, 0.2) is 0 Å². The zero-order valence-electron chi connectivity index (χ0n) is 12.8. The van der Waals surface area contributed by atoms with E-state index in [2.05, 4.69) is 20.0 Å². The lowest BCUT2D eigenvalue weighted by Crippen LogP contribution is -2.30. The van der Waals surface area contributed by atoms with Crippen molar-refractivity contribution >= 4 is 31.0 Å². The van der Waals surface area contributed by atoms with E-state index in [0.717, 1.165) is 44.1 Å². The van der Waals surface area contributed by atoms with Crippen molar-refractivity contribution in [1.82, 2.24) is 0 Å². The molecule has 0 rings (SSSR count). The molecule has 0 saturated carbocycles. The van der Waals surface area contributed by atoms with Gasteiger partial charge in [0.25, 0.3) is 5.12 Å². The van der Waals surface area contributed by atoms with Crippen molar-refractivity contribution in [2.24, 2.45) is 0 Å². The first-order valence-electron chi connectivity index (χ1n) is 7.27. The van der Waals surface area contributed by atoms with Crippen molar-refractivity contribution in [3.63, 3.8) is 0 Å². The van der Waals surface area contributed by atoms with Gasteiger partial charge in [0.1, 0.15) is 0 Å². The monoisotopic (exact) mass is 304 g/mol. The molecule has 0 unspecified atom stereocenters. The van der Waals surface area contributed by atoms with Crippen LogP contribution < -0.4 is 0 Å². The third-order valence-corrected chi connectivity index (χ3v) is 6.54. The maximum atomic E-state index is 11.6. The highest BCUT2D eigenvalue weighted by Crippen LogP contribution is 2.17. The van der Waals surface area contributed by atoms with Gasteiger partial charge < -0.3 is 4.43 Å². The number of ketones is 1. The topological polar surface area (TPSA) is 43.4 Å². The number of unbranched alkanes of at least 4 members (excludes halogenated alkanes) is 2. The summed E-state index contributed by atoms with van der Waals surface area (Å²) in [5, 5.41) is -0.257. The average Bonchev–Trinajstić information content (AvgIpc) is 2.34. The SMILES string of the molecule is CCCCCC(=O)C(=O)SCCC[Si](C)(C)OCC. The molecule has 0 aliphatic carbocycles. The van der Waals surface area contributed by atoms with Crippen molar-refractivity contribution in [2.45, 2.75) is 65.1 Å². The molecular weight excluding hydrogens is 276 g/mol. The second-order valence-electron chi connectivity index (χ2n) is 5.31. The summed E-state index contributed by atoms with van der Waals surface area (Å²) < 4.78 is 5.73. The van der Waals surface area contributed by atoms with Crippen LogP contribution in [0.3, 0.4) is 0 Å². The van der Waals surface area contributed by atoms with E-state index in [9.17, 15) is 9.59 Å². The summed E-state index contributed by atoms with van der Waals surface area (Å²) >= 11 is 1.18. The average molecular weight is 305 g/mol. The lowest BCUT2D eigenvalue weighted by Gasteiger charge is -2.21. The van der Waals surface area contributed by atoms with E-state index in [1.54, 1.807) is 0 Å². The van der Waals surface area contributed by atoms with Gasteiger partial charge in [-0.1, -0.05) is 31.5 Å². The Bertz CT molecular complexity index is 280.